The molecule has 0 aliphatic carbocycles. The number of alkyl halides is 1. The monoisotopic (exact) mass is 344 g/mol. The van der Waals surface area contributed by atoms with E-state index >= 15 is 0 Å². The molecular weight excluding hydrogens is 323 g/mol. The van der Waals surface area contributed by atoms with E-state index in [1.54, 1.807) is 19.1 Å². The average molecular weight is 345 g/mol. The van der Waals surface area contributed by atoms with Crippen molar-refractivity contribution in [2.45, 2.75) is 13.3 Å². The van der Waals surface area contributed by atoms with Crippen molar-refractivity contribution in [1.29, 1.82) is 0 Å². The molecule has 0 spiro atoms. The smallest absolute Gasteiger partial charge is 0.414 e. The fraction of sp³-hybridized carbons (Fsp3) is 0.562. The van der Waals surface area contributed by atoms with E-state index in [4.69, 9.17) is 21.1 Å². The first kappa shape index (κ1) is 17.8. The van der Waals surface area contributed by atoms with Crippen molar-refractivity contribution in [3.63, 3.8) is 0 Å². The van der Waals surface area contributed by atoms with Gasteiger partial charge in [-0.1, -0.05) is 0 Å². The molecule has 1 aliphatic heterocycles. The molecule has 1 saturated heterocycles. The minimum Gasteiger partial charge on any atom is -0.449 e. The number of nitrogens with zero attached hydrogens (tertiary/aromatic N) is 2. The van der Waals surface area contributed by atoms with E-state index in [0.29, 0.717) is 56.5 Å². The van der Waals surface area contributed by atoms with Gasteiger partial charge in [0, 0.05) is 25.5 Å². The molecular formula is C16H22ClFN2O3. The summed E-state index contributed by atoms with van der Waals surface area (Å²) in [6, 6.07) is 4.80. The summed E-state index contributed by atoms with van der Waals surface area (Å²) in [7, 11) is 0. The molecule has 1 aromatic rings. The standard InChI is InChI=1S/C16H22ClFN2O3/c1-2-23-16(21)20(7-3-6-17)13-4-5-15(14(18)12-13)19-8-10-22-11-9-19/h4-5,12H,2-3,6-11H2,1H3. The number of carbonyl (C=O) groups is 1. The quantitative estimate of drug-likeness (QED) is 0.743. The van der Waals surface area contributed by atoms with Crippen LogP contribution in [0.15, 0.2) is 18.2 Å². The fourth-order valence-electron chi connectivity index (χ4n) is 2.47. The van der Waals surface area contributed by atoms with Crippen LogP contribution in [0, 0.1) is 5.82 Å². The highest BCUT2D eigenvalue weighted by atomic mass is 35.5. The molecule has 23 heavy (non-hydrogen) atoms. The van der Waals surface area contributed by atoms with Crippen molar-refractivity contribution in [1.82, 2.24) is 0 Å². The number of halogens is 2. The number of rotatable bonds is 6. The summed E-state index contributed by atoms with van der Waals surface area (Å²) >= 11 is 5.70. The Bertz CT molecular complexity index is 524. The van der Waals surface area contributed by atoms with Gasteiger partial charge < -0.3 is 14.4 Å². The topological polar surface area (TPSA) is 42.0 Å². The van der Waals surface area contributed by atoms with E-state index in [9.17, 15) is 9.18 Å². The van der Waals surface area contributed by atoms with Crippen molar-refractivity contribution in [2.24, 2.45) is 0 Å². The van der Waals surface area contributed by atoms with Gasteiger partial charge in [0.1, 0.15) is 5.82 Å². The first-order valence-electron chi connectivity index (χ1n) is 7.80. The summed E-state index contributed by atoms with van der Waals surface area (Å²) in [5.41, 5.74) is 1.00. The Kier molecular flexibility index (Phi) is 6.92. The van der Waals surface area contributed by atoms with Crippen LogP contribution in [0.2, 0.25) is 0 Å². The van der Waals surface area contributed by atoms with Crippen LogP contribution in [0.1, 0.15) is 13.3 Å². The summed E-state index contributed by atoms with van der Waals surface area (Å²) in [6.45, 7) is 4.88. The van der Waals surface area contributed by atoms with Crippen LogP contribution < -0.4 is 9.80 Å². The highest BCUT2D eigenvalue weighted by Gasteiger charge is 2.20. The summed E-state index contributed by atoms with van der Waals surface area (Å²) in [5.74, 6) is 0.0640. The van der Waals surface area contributed by atoms with Gasteiger partial charge >= 0.3 is 6.09 Å². The predicted molar refractivity (Wildman–Crippen MR) is 89.1 cm³/mol. The Morgan fingerprint density at radius 3 is 2.78 bits per heavy atom. The molecule has 1 fully saturated rings. The number of benzene rings is 1. The maximum atomic E-state index is 14.5. The van der Waals surface area contributed by atoms with Crippen molar-refractivity contribution in [2.75, 3.05) is 55.1 Å². The number of anilines is 2. The Morgan fingerprint density at radius 1 is 1.43 bits per heavy atom. The van der Waals surface area contributed by atoms with Crippen LogP contribution in [0.4, 0.5) is 20.6 Å². The van der Waals surface area contributed by atoms with Gasteiger partial charge in [-0.15, -0.1) is 11.6 Å². The number of hydrogen-bond acceptors (Lipinski definition) is 4. The second-order valence-electron chi connectivity index (χ2n) is 5.13. The van der Waals surface area contributed by atoms with Crippen LogP contribution in [0.3, 0.4) is 0 Å². The van der Waals surface area contributed by atoms with Gasteiger partial charge in [-0.25, -0.2) is 9.18 Å². The van der Waals surface area contributed by atoms with Crippen LogP contribution in [-0.2, 0) is 9.47 Å². The summed E-state index contributed by atoms with van der Waals surface area (Å²) in [5, 5.41) is 0. The number of ether oxygens (including phenoxy) is 2. The summed E-state index contributed by atoms with van der Waals surface area (Å²) < 4.78 is 24.8. The van der Waals surface area contributed by atoms with Gasteiger partial charge in [-0.05, 0) is 31.5 Å². The molecule has 0 aromatic heterocycles. The Labute approximate surface area is 140 Å². The summed E-state index contributed by atoms with van der Waals surface area (Å²) in [4.78, 5) is 15.4. The highest BCUT2D eigenvalue weighted by Crippen LogP contribution is 2.26. The lowest BCUT2D eigenvalue weighted by atomic mass is 10.2. The average Bonchev–Trinajstić information content (AvgIpc) is 2.56. The molecule has 1 amide bonds. The van der Waals surface area contributed by atoms with Gasteiger partial charge in [-0.2, -0.15) is 0 Å². The van der Waals surface area contributed by atoms with Gasteiger partial charge in [0.2, 0.25) is 0 Å². The maximum Gasteiger partial charge on any atom is 0.414 e. The number of amides is 1. The molecule has 5 nitrogen and oxygen atoms in total. The van der Waals surface area contributed by atoms with Crippen molar-refractivity contribution >= 4 is 29.1 Å². The second kappa shape index (κ2) is 8.93. The van der Waals surface area contributed by atoms with Crippen LogP contribution >= 0.6 is 11.6 Å². The SMILES string of the molecule is CCOC(=O)N(CCCCl)c1ccc(N2CCOCC2)c(F)c1. The molecule has 128 valence electrons. The van der Waals surface area contributed by atoms with Gasteiger partial charge in [0.25, 0.3) is 0 Å². The molecule has 0 atom stereocenters. The first-order valence-corrected chi connectivity index (χ1v) is 8.33. The normalized spacial score (nSPS) is 14.7. The second-order valence-corrected chi connectivity index (χ2v) is 5.51. The van der Waals surface area contributed by atoms with Crippen molar-refractivity contribution < 1.29 is 18.7 Å². The molecule has 1 aromatic carbocycles. The fourth-order valence-corrected chi connectivity index (χ4v) is 2.59. The Balaban J connectivity index is 2.18. The third-order valence-electron chi connectivity index (χ3n) is 3.60. The van der Waals surface area contributed by atoms with Gasteiger partial charge in [-0.3, -0.25) is 4.90 Å². The Morgan fingerprint density at radius 2 is 2.17 bits per heavy atom. The zero-order valence-electron chi connectivity index (χ0n) is 13.3. The van der Waals surface area contributed by atoms with E-state index in [2.05, 4.69) is 0 Å². The third kappa shape index (κ3) is 4.72. The highest BCUT2D eigenvalue weighted by molar-refractivity contribution is 6.17. The lowest BCUT2D eigenvalue weighted by molar-refractivity contribution is 0.122. The van der Waals surface area contributed by atoms with E-state index in [1.807, 2.05) is 4.90 Å². The van der Waals surface area contributed by atoms with E-state index in [-0.39, 0.29) is 12.4 Å². The minimum absolute atomic E-state index is 0.268. The summed E-state index contributed by atoms with van der Waals surface area (Å²) in [6.07, 6.45) is 0.115. The first-order chi connectivity index (χ1) is 11.2. The third-order valence-corrected chi connectivity index (χ3v) is 3.87. The lowest BCUT2D eigenvalue weighted by Crippen LogP contribution is -2.37. The number of hydrogen-bond donors (Lipinski definition) is 0. The molecule has 0 saturated carbocycles. The number of morpholine rings is 1. The molecule has 2 rings (SSSR count). The Hall–Kier alpha value is -1.53. The van der Waals surface area contributed by atoms with Crippen LogP contribution in [0.25, 0.3) is 0 Å². The lowest BCUT2D eigenvalue weighted by Gasteiger charge is -2.30. The minimum atomic E-state index is -0.490. The zero-order chi connectivity index (χ0) is 16.7. The van der Waals surface area contributed by atoms with E-state index < -0.39 is 6.09 Å². The van der Waals surface area contributed by atoms with Gasteiger partial charge in [0.15, 0.2) is 0 Å². The zero-order valence-corrected chi connectivity index (χ0v) is 14.0. The maximum absolute atomic E-state index is 14.5. The van der Waals surface area contributed by atoms with E-state index in [1.165, 1.54) is 11.0 Å². The largest absolute Gasteiger partial charge is 0.449 e. The van der Waals surface area contributed by atoms with E-state index in [0.717, 1.165) is 0 Å². The van der Waals surface area contributed by atoms with Crippen molar-refractivity contribution in [3.8, 4) is 0 Å². The van der Waals surface area contributed by atoms with Crippen molar-refractivity contribution in [3.05, 3.63) is 24.0 Å². The van der Waals surface area contributed by atoms with Gasteiger partial charge in [0.05, 0.1) is 31.2 Å². The molecule has 7 heteroatoms. The number of carbonyl (C=O) groups excluding carboxylic acids is 1. The molecule has 0 unspecified atom stereocenters. The molecule has 1 heterocycles. The van der Waals surface area contributed by atoms with Crippen LogP contribution in [-0.4, -0.2) is 51.4 Å². The predicted octanol–water partition coefficient (Wildman–Crippen LogP) is 3.25. The molecule has 0 bridgehead atoms. The molecule has 1 aliphatic rings. The molecule has 0 radical (unpaired) electrons. The molecule has 0 N–H and O–H groups in total. The van der Waals surface area contributed by atoms with Crippen LogP contribution in [0.5, 0.6) is 0 Å².